The Morgan fingerprint density at radius 2 is 1.67 bits per heavy atom. The number of amides is 1. The van der Waals surface area contributed by atoms with Gasteiger partial charge in [0.15, 0.2) is 21.4 Å². The second kappa shape index (κ2) is 12.5. The van der Waals surface area contributed by atoms with Crippen molar-refractivity contribution in [3.8, 4) is 28.8 Å². The molecule has 11 nitrogen and oxygen atoms in total. The SMILES string of the molecule is COc1cccc(OC)c1-n1c(CS(=O)(=O)[C@H]2C[C@@H](c3ccc(F)cc3)CN(C(=O)OC(C)(C)C)C2)nnc1-c1ccc(C)o1. The molecule has 1 aliphatic rings. The molecule has 0 radical (unpaired) electrons. The minimum absolute atomic E-state index is 0.0781. The van der Waals surface area contributed by atoms with Gasteiger partial charge in [-0.3, -0.25) is 4.57 Å². The van der Waals surface area contributed by atoms with Crippen molar-refractivity contribution in [1.29, 1.82) is 0 Å². The van der Waals surface area contributed by atoms with Crippen LogP contribution in [-0.2, 0) is 20.3 Å². The molecular weight excluding hydrogens is 603 g/mol. The number of likely N-dealkylation sites (tertiary alicyclic amines) is 1. The number of carbonyl (C=O) groups excluding carboxylic acids is 1. The van der Waals surface area contributed by atoms with E-state index < -0.39 is 38.4 Å². The third kappa shape index (κ3) is 6.98. The Labute approximate surface area is 261 Å². The van der Waals surface area contributed by atoms with Crippen LogP contribution in [0, 0.1) is 12.7 Å². The van der Waals surface area contributed by atoms with Gasteiger partial charge in [-0.2, -0.15) is 0 Å². The number of furan rings is 1. The first kappa shape index (κ1) is 32.0. The van der Waals surface area contributed by atoms with Crippen molar-refractivity contribution in [2.45, 2.75) is 56.6 Å². The van der Waals surface area contributed by atoms with Crippen molar-refractivity contribution < 1.29 is 36.2 Å². The van der Waals surface area contributed by atoms with Gasteiger partial charge in [-0.15, -0.1) is 10.2 Å². The minimum Gasteiger partial charge on any atom is -0.494 e. The number of piperidine rings is 1. The summed E-state index contributed by atoms with van der Waals surface area (Å²) in [7, 11) is -0.991. The van der Waals surface area contributed by atoms with E-state index in [9.17, 15) is 17.6 Å². The second-order valence-electron chi connectivity index (χ2n) is 12.0. The van der Waals surface area contributed by atoms with E-state index in [1.54, 1.807) is 74.7 Å². The lowest BCUT2D eigenvalue weighted by atomic mass is 9.90. The van der Waals surface area contributed by atoms with Gasteiger partial charge in [-0.25, -0.2) is 17.6 Å². The maximum Gasteiger partial charge on any atom is 0.410 e. The van der Waals surface area contributed by atoms with Crippen LogP contribution in [0.5, 0.6) is 11.5 Å². The van der Waals surface area contributed by atoms with E-state index in [0.717, 1.165) is 5.56 Å². The van der Waals surface area contributed by atoms with Gasteiger partial charge in [0.05, 0.1) is 19.5 Å². The van der Waals surface area contributed by atoms with E-state index in [2.05, 4.69) is 10.2 Å². The summed E-state index contributed by atoms with van der Waals surface area (Å²) in [5.74, 6) is 0.901. The van der Waals surface area contributed by atoms with Crippen LogP contribution in [0.25, 0.3) is 17.3 Å². The largest absolute Gasteiger partial charge is 0.494 e. The molecule has 1 aliphatic heterocycles. The first-order valence-corrected chi connectivity index (χ1v) is 16.2. The average Bonchev–Trinajstić information content (AvgIpc) is 3.61. The summed E-state index contributed by atoms with van der Waals surface area (Å²) in [6, 6.07) is 14.6. The number of hydrogen-bond donors (Lipinski definition) is 0. The molecule has 0 aliphatic carbocycles. The number of ether oxygens (including phenoxy) is 3. The number of sulfone groups is 1. The van der Waals surface area contributed by atoms with Crippen LogP contribution < -0.4 is 9.47 Å². The predicted molar refractivity (Wildman–Crippen MR) is 165 cm³/mol. The van der Waals surface area contributed by atoms with Crippen molar-refractivity contribution in [3.63, 3.8) is 0 Å². The third-order valence-electron chi connectivity index (χ3n) is 7.56. The maximum atomic E-state index is 14.3. The summed E-state index contributed by atoms with van der Waals surface area (Å²) in [6.07, 6.45) is -0.407. The third-order valence-corrected chi connectivity index (χ3v) is 9.58. The highest BCUT2D eigenvalue weighted by Gasteiger charge is 2.40. The molecule has 0 N–H and O–H groups in total. The van der Waals surface area contributed by atoms with Gasteiger partial charge in [0.25, 0.3) is 0 Å². The van der Waals surface area contributed by atoms with E-state index in [-0.39, 0.29) is 37.1 Å². The van der Waals surface area contributed by atoms with Crippen LogP contribution in [0.15, 0.2) is 59.0 Å². The summed E-state index contributed by atoms with van der Waals surface area (Å²) in [5, 5.41) is 7.67. The quantitative estimate of drug-likeness (QED) is 0.238. The van der Waals surface area contributed by atoms with Gasteiger partial charge in [0, 0.05) is 19.0 Å². The molecule has 2 atom stereocenters. The first-order chi connectivity index (χ1) is 21.3. The zero-order valence-corrected chi connectivity index (χ0v) is 26.9. The van der Waals surface area contributed by atoms with Crippen molar-refractivity contribution in [3.05, 3.63) is 77.6 Å². The maximum absolute atomic E-state index is 14.3. The van der Waals surface area contributed by atoms with Gasteiger partial charge >= 0.3 is 6.09 Å². The lowest BCUT2D eigenvalue weighted by Gasteiger charge is -2.38. The molecular formula is C32H37FN4O7S. The summed E-state index contributed by atoms with van der Waals surface area (Å²) in [5.41, 5.74) is 0.353. The summed E-state index contributed by atoms with van der Waals surface area (Å²) >= 11 is 0. The number of methoxy groups -OCH3 is 2. The van der Waals surface area contributed by atoms with E-state index >= 15 is 0 Å². The zero-order valence-electron chi connectivity index (χ0n) is 26.1. The lowest BCUT2D eigenvalue weighted by molar-refractivity contribution is 0.0201. The van der Waals surface area contributed by atoms with Crippen molar-refractivity contribution in [1.82, 2.24) is 19.7 Å². The Balaban J connectivity index is 1.56. The molecule has 13 heteroatoms. The van der Waals surface area contributed by atoms with Crippen molar-refractivity contribution >= 4 is 15.9 Å². The number of aryl methyl sites for hydroxylation is 1. The molecule has 0 bridgehead atoms. The van der Waals surface area contributed by atoms with Crippen molar-refractivity contribution in [2.24, 2.45) is 0 Å². The Morgan fingerprint density at radius 1 is 1.00 bits per heavy atom. The monoisotopic (exact) mass is 640 g/mol. The van der Waals surface area contributed by atoms with E-state index in [4.69, 9.17) is 18.6 Å². The van der Waals surface area contributed by atoms with Gasteiger partial charge < -0.3 is 23.5 Å². The molecule has 4 aromatic rings. The first-order valence-electron chi connectivity index (χ1n) is 14.5. The highest BCUT2D eigenvalue weighted by molar-refractivity contribution is 7.91. The highest BCUT2D eigenvalue weighted by Crippen LogP contribution is 2.38. The number of halogens is 1. The molecule has 0 spiro atoms. The number of aromatic nitrogens is 3. The van der Waals surface area contributed by atoms with E-state index in [1.165, 1.54) is 31.3 Å². The average molecular weight is 641 g/mol. The fraction of sp³-hybridized carbons (Fsp3) is 0.406. The van der Waals surface area contributed by atoms with E-state index in [0.29, 0.717) is 28.7 Å². The molecule has 45 heavy (non-hydrogen) atoms. The van der Waals surface area contributed by atoms with Crippen molar-refractivity contribution in [2.75, 3.05) is 27.3 Å². The molecule has 3 heterocycles. The smallest absolute Gasteiger partial charge is 0.410 e. The summed E-state index contributed by atoms with van der Waals surface area (Å²) in [6.45, 7) is 7.18. The van der Waals surface area contributed by atoms with Gasteiger partial charge in [0.1, 0.15) is 40.1 Å². The zero-order chi connectivity index (χ0) is 32.5. The van der Waals surface area contributed by atoms with Crippen LogP contribution >= 0.6 is 0 Å². The normalized spacial score (nSPS) is 17.3. The number of nitrogens with zero attached hydrogens (tertiary/aromatic N) is 4. The van der Waals surface area contributed by atoms with Crippen LogP contribution in [-0.4, -0.2) is 72.3 Å². The topological polar surface area (TPSA) is 126 Å². The Bertz CT molecular complexity index is 1760. The Hall–Kier alpha value is -4.39. The molecule has 1 amide bonds. The molecule has 2 aromatic heterocycles. The number of rotatable bonds is 8. The molecule has 240 valence electrons. The summed E-state index contributed by atoms with van der Waals surface area (Å²) < 4.78 is 66.6. The van der Waals surface area contributed by atoms with Crippen LogP contribution in [0.1, 0.15) is 50.3 Å². The fourth-order valence-corrected chi connectivity index (χ4v) is 7.19. The Kier molecular flexibility index (Phi) is 8.92. The predicted octanol–water partition coefficient (Wildman–Crippen LogP) is 5.70. The minimum atomic E-state index is -3.99. The molecule has 2 aromatic carbocycles. The van der Waals surface area contributed by atoms with Gasteiger partial charge in [0.2, 0.25) is 5.82 Å². The number of carbonyl (C=O) groups is 1. The number of benzene rings is 2. The highest BCUT2D eigenvalue weighted by atomic mass is 32.2. The lowest BCUT2D eigenvalue weighted by Crippen LogP contribution is -2.49. The fourth-order valence-electron chi connectivity index (χ4n) is 5.47. The van der Waals surface area contributed by atoms with Crippen LogP contribution in [0.4, 0.5) is 9.18 Å². The standard InChI is InChI=1S/C32H37FN4O7S/c1-20-10-15-27(43-20)30-35-34-28(37(30)29-25(41-5)8-7-9-26(29)42-6)19-45(39,40)24-16-22(21-11-13-23(33)14-12-21)17-36(18-24)31(38)44-32(2,3)4/h7-15,22,24H,16-19H2,1-6H3/t22-,24+/m1/s1. The van der Waals surface area contributed by atoms with E-state index in [1.807, 2.05) is 0 Å². The van der Waals surface area contributed by atoms with Crippen LogP contribution in [0.2, 0.25) is 0 Å². The molecule has 5 rings (SSSR count). The molecule has 0 saturated carbocycles. The Morgan fingerprint density at radius 3 is 2.24 bits per heavy atom. The molecule has 0 unspecified atom stereocenters. The van der Waals surface area contributed by atoms with Crippen LogP contribution in [0.3, 0.4) is 0 Å². The second-order valence-corrected chi connectivity index (χ2v) is 14.3. The molecule has 1 fully saturated rings. The summed E-state index contributed by atoms with van der Waals surface area (Å²) in [4.78, 5) is 14.6. The molecule has 1 saturated heterocycles. The number of para-hydroxylation sites is 1. The number of hydrogen-bond acceptors (Lipinski definition) is 9. The van der Waals surface area contributed by atoms with Gasteiger partial charge in [-0.05, 0) is 76.1 Å². The van der Waals surface area contributed by atoms with Gasteiger partial charge in [-0.1, -0.05) is 18.2 Å².